The van der Waals surface area contributed by atoms with Gasteiger partial charge in [-0.15, -0.1) is 0 Å². The van der Waals surface area contributed by atoms with Gasteiger partial charge in [0.2, 0.25) is 5.78 Å². The highest BCUT2D eigenvalue weighted by atomic mass is 16.7. The van der Waals surface area contributed by atoms with Crippen LogP contribution in [0, 0.1) is 0 Å². The van der Waals surface area contributed by atoms with Gasteiger partial charge in [-0.25, -0.2) is 0 Å². The molecule has 0 spiro atoms. The Hall–Kier alpha value is -3.09. The van der Waals surface area contributed by atoms with Gasteiger partial charge < -0.3 is 50.0 Å². The Kier molecular flexibility index (Phi) is 5.61. The number of phenols is 4. The number of ketones is 1. The normalized spacial score (nSPS) is 32.2. The van der Waals surface area contributed by atoms with E-state index in [1.807, 2.05) is 0 Å². The summed E-state index contributed by atoms with van der Waals surface area (Å²) in [6.07, 6.45) is -10.0. The molecule has 32 heavy (non-hydrogen) atoms. The molecule has 0 unspecified atom stereocenters. The van der Waals surface area contributed by atoms with Crippen LogP contribution in [0.2, 0.25) is 0 Å². The first kappa shape index (κ1) is 22.1. The van der Waals surface area contributed by atoms with Crippen molar-refractivity contribution < 1.29 is 54.8 Å². The van der Waals surface area contributed by atoms with Gasteiger partial charge in [-0.05, 0) is 24.6 Å². The summed E-state index contributed by atoms with van der Waals surface area (Å²) in [7, 11) is 0. The largest absolute Gasteiger partial charge is 0.508 e. The minimum atomic E-state index is -1.71. The standard InChI is InChI=1S/C21H22O11/c1-7-15(26)17(28)18(29)21(30-7)32-20-16(27)14-12(25)5-9(22)6-13(14)31-19(20)8-2-3-10(23)11(24)4-8/h2-7,15,17-26,28-29H,1H3/t7-,15-,17+,18-,19+,20+,21-/m1/s1. The van der Waals surface area contributed by atoms with E-state index in [0.717, 1.165) is 18.2 Å². The van der Waals surface area contributed by atoms with Gasteiger partial charge in [0, 0.05) is 12.1 Å². The lowest BCUT2D eigenvalue weighted by atomic mass is 9.92. The van der Waals surface area contributed by atoms with E-state index in [4.69, 9.17) is 14.2 Å². The van der Waals surface area contributed by atoms with Gasteiger partial charge in [0.15, 0.2) is 30.0 Å². The number of Topliss-reactive ketones (excluding diaryl/α,β-unsaturated/α-hetero) is 1. The number of hydrogen-bond acceptors (Lipinski definition) is 11. The van der Waals surface area contributed by atoms with Gasteiger partial charge in [-0.3, -0.25) is 4.79 Å². The Labute approximate surface area is 181 Å². The lowest BCUT2D eigenvalue weighted by Crippen LogP contribution is -2.59. The minimum absolute atomic E-state index is 0.154. The van der Waals surface area contributed by atoms with Crippen LogP contribution in [0.3, 0.4) is 0 Å². The Bertz CT molecular complexity index is 1040. The van der Waals surface area contributed by atoms with Crippen molar-refractivity contribution in [1.82, 2.24) is 0 Å². The number of aromatic hydroxyl groups is 4. The van der Waals surface area contributed by atoms with Crippen LogP contribution in [0.15, 0.2) is 30.3 Å². The maximum atomic E-state index is 13.3. The summed E-state index contributed by atoms with van der Waals surface area (Å²) in [4.78, 5) is 13.3. The number of carbonyl (C=O) groups is 1. The summed E-state index contributed by atoms with van der Waals surface area (Å²) < 4.78 is 16.9. The molecule has 7 atom stereocenters. The Morgan fingerprint density at radius 1 is 0.875 bits per heavy atom. The molecule has 0 bridgehead atoms. The quantitative estimate of drug-likeness (QED) is 0.313. The molecule has 2 aliphatic heterocycles. The molecular formula is C21H22O11. The van der Waals surface area contributed by atoms with Crippen molar-refractivity contribution >= 4 is 5.78 Å². The van der Waals surface area contributed by atoms with Crippen molar-refractivity contribution in [2.75, 3.05) is 0 Å². The lowest BCUT2D eigenvalue weighted by Gasteiger charge is -2.42. The number of benzene rings is 2. The van der Waals surface area contributed by atoms with E-state index >= 15 is 0 Å². The summed E-state index contributed by atoms with van der Waals surface area (Å²) in [6, 6.07) is 5.72. The topological polar surface area (TPSA) is 186 Å². The molecule has 2 aromatic carbocycles. The second-order valence-corrected chi connectivity index (χ2v) is 7.73. The predicted molar refractivity (Wildman–Crippen MR) is 104 cm³/mol. The maximum absolute atomic E-state index is 13.3. The van der Waals surface area contributed by atoms with E-state index in [0.29, 0.717) is 0 Å². The van der Waals surface area contributed by atoms with Crippen LogP contribution < -0.4 is 4.74 Å². The van der Waals surface area contributed by atoms with Crippen LogP contribution in [0.1, 0.15) is 28.9 Å². The van der Waals surface area contributed by atoms with Gasteiger partial charge in [-0.1, -0.05) is 6.07 Å². The van der Waals surface area contributed by atoms with Gasteiger partial charge >= 0.3 is 0 Å². The molecule has 2 aromatic rings. The van der Waals surface area contributed by atoms with Crippen molar-refractivity contribution in [2.45, 2.75) is 49.8 Å². The maximum Gasteiger partial charge on any atom is 0.203 e. The van der Waals surface area contributed by atoms with Crippen LogP contribution >= 0.6 is 0 Å². The number of fused-ring (bicyclic) bond motifs is 1. The average molecular weight is 450 g/mol. The third-order valence-corrected chi connectivity index (χ3v) is 5.52. The van der Waals surface area contributed by atoms with Crippen molar-refractivity contribution in [1.29, 1.82) is 0 Å². The third-order valence-electron chi connectivity index (χ3n) is 5.52. The lowest BCUT2D eigenvalue weighted by molar-refractivity contribution is -0.304. The van der Waals surface area contributed by atoms with E-state index in [1.54, 1.807) is 0 Å². The first-order chi connectivity index (χ1) is 15.1. The highest BCUT2D eigenvalue weighted by Crippen LogP contribution is 2.44. The molecule has 7 N–H and O–H groups in total. The Morgan fingerprint density at radius 2 is 1.59 bits per heavy atom. The molecule has 1 fully saturated rings. The fourth-order valence-corrected chi connectivity index (χ4v) is 3.77. The molecule has 4 rings (SSSR count). The molecule has 0 aromatic heterocycles. The molecule has 0 saturated carbocycles. The molecular weight excluding hydrogens is 428 g/mol. The molecule has 2 heterocycles. The Balaban J connectivity index is 1.75. The Morgan fingerprint density at radius 3 is 2.28 bits per heavy atom. The number of ether oxygens (including phenoxy) is 3. The smallest absolute Gasteiger partial charge is 0.203 e. The molecule has 11 nitrogen and oxygen atoms in total. The molecule has 0 aliphatic carbocycles. The van der Waals surface area contributed by atoms with E-state index in [2.05, 4.69) is 0 Å². The molecule has 11 heteroatoms. The number of hydrogen-bond donors (Lipinski definition) is 7. The summed E-state index contributed by atoms with van der Waals surface area (Å²) in [5, 5.41) is 69.7. The number of phenolic OH excluding ortho intramolecular Hbond substituents is 4. The number of rotatable bonds is 3. The number of carbonyl (C=O) groups excluding carboxylic acids is 1. The summed E-state index contributed by atoms with van der Waals surface area (Å²) in [5.41, 5.74) is -0.1000. The summed E-state index contributed by atoms with van der Waals surface area (Å²) in [6.45, 7) is 1.44. The zero-order valence-corrected chi connectivity index (χ0v) is 16.7. The van der Waals surface area contributed by atoms with Crippen molar-refractivity contribution in [3.05, 3.63) is 41.5 Å². The van der Waals surface area contributed by atoms with Crippen LogP contribution in [-0.4, -0.2) is 78.3 Å². The third kappa shape index (κ3) is 3.70. The minimum Gasteiger partial charge on any atom is -0.508 e. The fraction of sp³-hybridized carbons (Fsp3) is 0.381. The molecule has 2 aliphatic rings. The first-order valence-corrected chi connectivity index (χ1v) is 9.72. The summed E-state index contributed by atoms with van der Waals surface area (Å²) in [5.74, 6) is -2.79. The second kappa shape index (κ2) is 8.11. The van der Waals surface area contributed by atoms with Crippen LogP contribution in [0.4, 0.5) is 0 Å². The van der Waals surface area contributed by atoms with Gasteiger partial charge in [-0.2, -0.15) is 0 Å². The van der Waals surface area contributed by atoms with E-state index < -0.39 is 65.9 Å². The van der Waals surface area contributed by atoms with Crippen molar-refractivity contribution in [2.24, 2.45) is 0 Å². The zero-order valence-electron chi connectivity index (χ0n) is 16.7. The van der Waals surface area contributed by atoms with Crippen LogP contribution in [0.5, 0.6) is 28.7 Å². The molecule has 0 amide bonds. The molecule has 172 valence electrons. The molecule has 1 saturated heterocycles. The first-order valence-electron chi connectivity index (χ1n) is 9.72. The number of aliphatic hydroxyl groups is 3. The average Bonchev–Trinajstić information content (AvgIpc) is 2.73. The van der Waals surface area contributed by atoms with Crippen LogP contribution in [-0.2, 0) is 9.47 Å². The van der Waals surface area contributed by atoms with Crippen molar-refractivity contribution in [3.63, 3.8) is 0 Å². The van der Waals surface area contributed by atoms with Gasteiger partial charge in [0.25, 0.3) is 0 Å². The van der Waals surface area contributed by atoms with Gasteiger partial charge in [0.05, 0.1) is 6.10 Å². The van der Waals surface area contributed by atoms with E-state index in [1.165, 1.54) is 19.1 Å². The van der Waals surface area contributed by atoms with E-state index in [-0.39, 0.29) is 22.6 Å². The monoisotopic (exact) mass is 450 g/mol. The number of aliphatic hydroxyl groups excluding tert-OH is 3. The highest BCUT2D eigenvalue weighted by molar-refractivity contribution is 6.05. The highest BCUT2D eigenvalue weighted by Gasteiger charge is 2.48. The predicted octanol–water partition coefficient (Wildman–Crippen LogP) is 0.0381. The SMILES string of the molecule is C[C@H]1O[C@H](O[C@H]2C(=O)c3c(O)cc(O)cc3O[C@H]2c2ccc(O)c(O)c2)[C@H](O)[C@@H](O)[C@@H]1O. The summed E-state index contributed by atoms with van der Waals surface area (Å²) >= 11 is 0. The van der Waals surface area contributed by atoms with Crippen LogP contribution in [0.25, 0.3) is 0 Å². The van der Waals surface area contributed by atoms with E-state index in [9.17, 15) is 40.5 Å². The fourth-order valence-electron chi connectivity index (χ4n) is 3.77. The van der Waals surface area contributed by atoms with Crippen molar-refractivity contribution in [3.8, 4) is 28.7 Å². The second-order valence-electron chi connectivity index (χ2n) is 7.73. The molecule has 0 radical (unpaired) electrons. The van der Waals surface area contributed by atoms with Gasteiger partial charge in [0.1, 0.15) is 41.1 Å². The zero-order chi connectivity index (χ0) is 23.3.